The summed E-state index contributed by atoms with van der Waals surface area (Å²) >= 11 is 14.8. The molecule has 0 bridgehead atoms. The molecule has 2 aromatic heterocycles. The number of amides is 2. The molecule has 2 aromatic carbocycles. The fourth-order valence-corrected chi connectivity index (χ4v) is 4.88. The van der Waals surface area contributed by atoms with Gasteiger partial charge >= 0.3 is 0 Å². The van der Waals surface area contributed by atoms with Crippen molar-refractivity contribution in [2.75, 3.05) is 10.6 Å². The van der Waals surface area contributed by atoms with E-state index < -0.39 is 0 Å². The first-order valence-corrected chi connectivity index (χ1v) is 11.4. The van der Waals surface area contributed by atoms with Crippen molar-refractivity contribution in [3.8, 4) is 10.6 Å². The fourth-order valence-electron chi connectivity index (χ4n) is 2.74. The van der Waals surface area contributed by atoms with Crippen LogP contribution in [0, 0.1) is 6.92 Å². The highest BCUT2D eigenvalue weighted by atomic mass is 35.5. The van der Waals surface area contributed by atoms with Gasteiger partial charge in [-0.3, -0.25) is 20.2 Å². The summed E-state index contributed by atoms with van der Waals surface area (Å²) in [6.07, 6.45) is 0. The van der Waals surface area contributed by atoms with E-state index in [0.29, 0.717) is 42.8 Å². The van der Waals surface area contributed by atoms with Crippen LogP contribution in [0.25, 0.3) is 10.6 Å². The van der Waals surface area contributed by atoms with Crippen LogP contribution >= 0.6 is 45.9 Å². The third-order valence-electron chi connectivity index (χ3n) is 4.21. The molecule has 0 fully saturated rings. The van der Waals surface area contributed by atoms with Crippen LogP contribution in [0.15, 0.2) is 53.9 Å². The highest BCUT2D eigenvalue weighted by Gasteiger charge is 2.18. The first-order chi connectivity index (χ1) is 14.9. The zero-order valence-electron chi connectivity index (χ0n) is 16.0. The van der Waals surface area contributed by atoms with E-state index in [0.717, 1.165) is 4.88 Å². The van der Waals surface area contributed by atoms with Crippen LogP contribution < -0.4 is 10.6 Å². The predicted molar refractivity (Wildman–Crippen MR) is 127 cm³/mol. The number of hydrogen-bond donors (Lipinski definition) is 2. The lowest BCUT2D eigenvalue weighted by Gasteiger charge is -2.03. The number of halogens is 2. The summed E-state index contributed by atoms with van der Waals surface area (Å²) in [5, 5.41) is 8.97. The molecule has 0 radical (unpaired) electrons. The quantitative estimate of drug-likeness (QED) is 0.341. The van der Waals surface area contributed by atoms with Crippen molar-refractivity contribution in [3.05, 3.63) is 80.8 Å². The van der Waals surface area contributed by atoms with Crippen molar-refractivity contribution >= 4 is 68.0 Å². The number of rotatable bonds is 5. The summed E-state index contributed by atoms with van der Waals surface area (Å²) in [6, 6.07) is 13.6. The van der Waals surface area contributed by atoms with Gasteiger partial charge < -0.3 is 0 Å². The Kier molecular flexibility index (Phi) is 6.33. The highest BCUT2D eigenvalue weighted by molar-refractivity contribution is 7.20. The summed E-state index contributed by atoms with van der Waals surface area (Å²) in [5.74, 6) is -0.669. The molecule has 0 atom stereocenters. The van der Waals surface area contributed by atoms with Gasteiger partial charge in [-0.15, -0.1) is 11.3 Å². The zero-order chi connectivity index (χ0) is 22.0. The first kappa shape index (κ1) is 21.5. The molecule has 0 aliphatic carbocycles. The molecule has 0 spiro atoms. The molecule has 6 nitrogen and oxygen atoms in total. The standard InChI is InChI=1S/C21H14Cl2N4O2S2/c1-11-17(31-21(24-11)27-19(29)13-7-3-5-9-15(13)23)16-10-30-20(25-16)26-18(28)12-6-2-4-8-14(12)22/h2-10H,1H3,(H,24,27,29)(H,25,26,28). The zero-order valence-corrected chi connectivity index (χ0v) is 19.1. The molecule has 0 saturated carbocycles. The Bertz CT molecular complexity index is 1290. The van der Waals surface area contributed by atoms with Crippen molar-refractivity contribution in [1.82, 2.24) is 9.97 Å². The van der Waals surface area contributed by atoms with E-state index in [9.17, 15) is 9.59 Å². The number of aryl methyl sites for hydroxylation is 1. The number of nitrogens with one attached hydrogen (secondary N) is 2. The SMILES string of the molecule is Cc1nc(NC(=O)c2ccccc2Cl)sc1-c1csc(NC(=O)c2ccccc2Cl)n1. The summed E-state index contributed by atoms with van der Waals surface area (Å²) in [4.78, 5) is 34.6. The average molecular weight is 489 g/mol. The minimum absolute atomic E-state index is 0.333. The molecule has 31 heavy (non-hydrogen) atoms. The van der Waals surface area contributed by atoms with Crippen LogP contribution in [-0.2, 0) is 0 Å². The van der Waals surface area contributed by atoms with Crippen LogP contribution in [0.4, 0.5) is 10.3 Å². The lowest BCUT2D eigenvalue weighted by Crippen LogP contribution is -2.12. The number of carbonyl (C=O) groups excluding carboxylic acids is 2. The molecular formula is C21H14Cl2N4O2S2. The van der Waals surface area contributed by atoms with Gasteiger partial charge in [-0.2, -0.15) is 0 Å². The Morgan fingerprint density at radius 1 is 0.839 bits per heavy atom. The van der Waals surface area contributed by atoms with E-state index >= 15 is 0 Å². The molecule has 156 valence electrons. The van der Waals surface area contributed by atoms with Crippen molar-refractivity contribution in [2.45, 2.75) is 6.92 Å². The summed E-state index contributed by atoms with van der Waals surface area (Å²) in [6.45, 7) is 1.83. The monoisotopic (exact) mass is 488 g/mol. The van der Waals surface area contributed by atoms with Crippen molar-refractivity contribution in [1.29, 1.82) is 0 Å². The third-order valence-corrected chi connectivity index (χ3v) is 6.72. The van der Waals surface area contributed by atoms with Gasteiger partial charge in [0.2, 0.25) is 0 Å². The Labute approximate surface area is 195 Å². The second kappa shape index (κ2) is 9.15. The summed E-state index contributed by atoms with van der Waals surface area (Å²) in [5.41, 5.74) is 2.12. The second-order valence-corrected chi connectivity index (χ2v) is 9.01. The van der Waals surface area contributed by atoms with E-state index in [1.54, 1.807) is 48.5 Å². The smallest absolute Gasteiger partial charge is 0.258 e. The molecule has 0 unspecified atom stereocenters. The lowest BCUT2D eigenvalue weighted by atomic mass is 10.2. The molecule has 0 aliphatic rings. The minimum atomic E-state index is -0.336. The number of nitrogens with zero attached hydrogens (tertiary/aromatic N) is 2. The van der Waals surface area contributed by atoms with Crippen molar-refractivity contribution < 1.29 is 9.59 Å². The molecule has 0 saturated heterocycles. The number of benzene rings is 2. The van der Waals surface area contributed by atoms with Gasteiger partial charge in [-0.1, -0.05) is 58.8 Å². The number of hydrogen-bond acceptors (Lipinski definition) is 6. The van der Waals surface area contributed by atoms with Crippen molar-refractivity contribution in [3.63, 3.8) is 0 Å². The van der Waals surface area contributed by atoms with E-state index in [4.69, 9.17) is 23.2 Å². The van der Waals surface area contributed by atoms with Gasteiger partial charge in [-0.05, 0) is 31.2 Å². The van der Waals surface area contributed by atoms with Gasteiger partial charge in [0.25, 0.3) is 11.8 Å². The number of aromatic nitrogens is 2. The van der Waals surface area contributed by atoms with E-state index in [2.05, 4.69) is 20.6 Å². The molecule has 0 aliphatic heterocycles. The highest BCUT2D eigenvalue weighted by Crippen LogP contribution is 2.35. The molecular weight excluding hydrogens is 475 g/mol. The van der Waals surface area contributed by atoms with Crippen LogP contribution in [0.1, 0.15) is 26.4 Å². The van der Waals surface area contributed by atoms with Gasteiger partial charge in [-0.25, -0.2) is 9.97 Å². The van der Waals surface area contributed by atoms with Gasteiger partial charge in [0.15, 0.2) is 10.3 Å². The van der Waals surface area contributed by atoms with Gasteiger partial charge in [0.05, 0.1) is 37.4 Å². The van der Waals surface area contributed by atoms with Crippen LogP contribution in [-0.4, -0.2) is 21.8 Å². The van der Waals surface area contributed by atoms with Gasteiger partial charge in [0, 0.05) is 5.38 Å². The Balaban J connectivity index is 1.50. The molecule has 4 rings (SSSR count). The Morgan fingerprint density at radius 2 is 1.39 bits per heavy atom. The maximum atomic E-state index is 12.5. The topological polar surface area (TPSA) is 84.0 Å². The fraction of sp³-hybridized carbons (Fsp3) is 0.0476. The summed E-state index contributed by atoms with van der Waals surface area (Å²) < 4.78 is 0. The van der Waals surface area contributed by atoms with Crippen LogP contribution in [0.2, 0.25) is 10.0 Å². The van der Waals surface area contributed by atoms with E-state index in [1.807, 2.05) is 12.3 Å². The maximum Gasteiger partial charge on any atom is 0.258 e. The van der Waals surface area contributed by atoms with E-state index in [1.165, 1.54) is 22.7 Å². The molecule has 2 heterocycles. The average Bonchev–Trinajstić information content (AvgIpc) is 3.34. The van der Waals surface area contributed by atoms with E-state index in [-0.39, 0.29) is 11.8 Å². The Hall–Kier alpha value is -2.78. The van der Waals surface area contributed by atoms with Crippen LogP contribution in [0.3, 0.4) is 0 Å². The third kappa shape index (κ3) is 4.77. The lowest BCUT2D eigenvalue weighted by molar-refractivity contribution is 0.101. The number of thiazole rings is 2. The normalized spacial score (nSPS) is 10.7. The second-order valence-electron chi connectivity index (χ2n) is 6.34. The van der Waals surface area contributed by atoms with Crippen molar-refractivity contribution in [2.24, 2.45) is 0 Å². The number of anilines is 2. The molecule has 10 heteroatoms. The first-order valence-electron chi connectivity index (χ1n) is 8.97. The molecule has 4 aromatic rings. The predicted octanol–water partition coefficient (Wildman–Crippen LogP) is 6.39. The molecule has 2 amide bonds. The minimum Gasteiger partial charge on any atom is -0.298 e. The summed E-state index contributed by atoms with van der Waals surface area (Å²) in [7, 11) is 0. The molecule has 2 N–H and O–H groups in total. The maximum absolute atomic E-state index is 12.5. The Morgan fingerprint density at radius 3 is 1.97 bits per heavy atom. The van der Waals surface area contributed by atoms with Gasteiger partial charge in [0.1, 0.15) is 0 Å². The largest absolute Gasteiger partial charge is 0.298 e. The number of carbonyl (C=O) groups is 2. The van der Waals surface area contributed by atoms with Crippen LogP contribution in [0.5, 0.6) is 0 Å².